The molecule has 0 radical (unpaired) electrons. The molecule has 1 fully saturated rings. The summed E-state index contributed by atoms with van der Waals surface area (Å²) in [6, 6.07) is 7.19. The summed E-state index contributed by atoms with van der Waals surface area (Å²) in [5.74, 6) is -0.0228. The summed E-state index contributed by atoms with van der Waals surface area (Å²) < 4.78 is 0. The average Bonchev–Trinajstić information content (AvgIpc) is 2.74. The van der Waals surface area contributed by atoms with E-state index in [1.807, 2.05) is 12.1 Å². The number of hydrogen-bond acceptors (Lipinski definition) is 2. The fourth-order valence-corrected chi connectivity index (χ4v) is 2.59. The van der Waals surface area contributed by atoms with Crippen molar-refractivity contribution in [1.29, 1.82) is 0 Å². The standard InChI is InChI=1S/C14H19ClN2O/c1-14(7-2-3-8-14)16-10-13(18)17-12-6-4-5-11(15)9-12/h4-6,9,16H,2-3,7-8,10H2,1H3,(H,17,18). The Hall–Kier alpha value is -1.06. The number of benzene rings is 1. The molecule has 0 unspecified atom stereocenters. The fourth-order valence-electron chi connectivity index (χ4n) is 2.40. The van der Waals surface area contributed by atoms with E-state index >= 15 is 0 Å². The molecular formula is C14H19ClN2O. The van der Waals surface area contributed by atoms with Gasteiger partial charge in [0.25, 0.3) is 0 Å². The fraction of sp³-hybridized carbons (Fsp3) is 0.500. The normalized spacial score (nSPS) is 17.7. The highest BCUT2D eigenvalue weighted by Crippen LogP contribution is 2.28. The zero-order valence-corrected chi connectivity index (χ0v) is 11.4. The number of carbonyl (C=O) groups is 1. The first kappa shape index (κ1) is 13.4. The molecule has 0 aliphatic heterocycles. The average molecular weight is 267 g/mol. The molecule has 0 saturated heterocycles. The smallest absolute Gasteiger partial charge is 0.238 e. The lowest BCUT2D eigenvalue weighted by atomic mass is 10.0. The first-order valence-corrected chi connectivity index (χ1v) is 6.76. The minimum absolute atomic E-state index is 0.0228. The molecule has 2 N–H and O–H groups in total. The van der Waals surface area contributed by atoms with Gasteiger partial charge in [-0.15, -0.1) is 0 Å². The second kappa shape index (κ2) is 5.72. The van der Waals surface area contributed by atoms with Crippen molar-refractivity contribution in [2.75, 3.05) is 11.9 Å². The highest BCUT2D eigenvalue weighted by atomic mass is 35.5. The lowest BCUT2D eigenvalue weighted by Crippen LogP contribution is -2.43. The molecule has 1 amide bonds. The minimum atomic E-state index is -0.0228. The van der Waals surface area contributed by atoms with Crippen molar-refractivity contribution in [3.05, 3.63) is 29.3 Å². The van der Waals surface area contributed by atoms with Crippen LogP contribution in [0.4, 0.5) is 5.69 Å². The number of carbonyl (C=O) groups excluding carboxylic acids is 1. The van der Waals surface area contributed by atoms with Gasteiger partial charge in [-0.1, -0.05) is 30.5 Å². The zero-order chi connectivity index (χ0) is 13.0. The van der Waals surface area contributed by atoms with Crippen molar-refractivity contribution in [1.82, 2.24) is 5.32 Å². The van der Waals surface area contributed by atoms with Crippen molar-refractivity contribution in [2.45, 2.75) is 38.1 Å². The molecule has 1 aromatic carbocycles. The number of rotatable bonds is 4. The molecule has 0 aromatic heterocycles. The van der Waals surface area contributed by atoms with Crippen LogP contribution in [0, 0.1) is 0 Å². The van der Waals surface area contributed by atoms with Gasteiger partial charge < -0.3 is 10.6 Å². The van der Waals surface area contributed by atoms with Gasteiger partial charge in [-0.05, 0) is 38.0 Å². The largest absolute Gasteiger partial charge is 0.325 e. The van der Waals surface area contributed by atoms with Crippen LogP contribution in [0.15, 0.2) is 24.3 Å². The summed E-state index contributed by atoms with van der Waals surface area (Å²) in [7, 11) is 0. The minimum Gasteiger partial charge on any atom is -0.325 e. The summed E-state index contributed by atoms with van der Waals surface area (Å²) in [6.45, 7) is 2.54. The van der Waals surface area contributed by atoms with Gasteiger partial charge in [0.05, 0.1) is 6.54 Å². The molecular weight excluding hydrogens is 248 g/mol. The molecule has 1 aliphatic rings. The summed E-state index contributed by atoms with van der Waals surface area (Å²) in [4.78, 5) is 11.8. The lowest BCUT2D eigenvalue weighted by molar-refractivity contribution is -0.115. The molecule has 1 aliphatic carbocycles. The van der Waals surface area contributed by atoms with E-state index in [0.29, 0.717) is 11.6 Å². The molecule has 0 spiro atoms. The maximum absolute atomic E-state index is 11.8. The first-order chi connectivity index (χ1) is 8.57. The van der Waals surface area contributed by atoms with Gasteiger partial charge in [-0.3, -0.25) is 4.79 Å². The quantitative estimate of drug-likeness (QED) is 0.879. The second-order valence-electron chi connectivity index (χ2n) is 5.18. The summed E-state index contributed by atoms with van der Waals surface area (Å²) in [5, 5.41) is 6.81. The molecule has 0 heterocycles. The van der Waals surface area contributed by atoms with Gasteiger partial charge >= 0.3 is 0 Å². The van der Waals surface area contributed by atoms with E-state index in [1.54, 1.807) is 12.1 Å². The first-order valence-electron chi connectivity index (χ1n) is 6.38. The Morgan fingerprint density at radius 3 is 2.78 bits per heavy atom. The van der Waals surface area contributed by atoms with Crippen molar-refractivity contribution < 1.29 is 4.79 Å². The molecule has 3 nitrogen and oxygen atoms in total. The Morgan fingerprint density at radius 2 is 2.11 bits per heavy atom. The Labute approximate surface area is 113 Å². The number of anilines is 1. The molecule has 18 heavy (non-hydrogen) atoms. The van der Waals surface area contributed by atoms with E-state index in [1.165, 1.54) is 12.8 Å². The molecule has 0 bridgehead atoms. The van der Waals surface area contributed by atoms with E-state index in [2.05, 4.69) is 17.6 Å². The number of nitrogens with one attached hydrogen (secondary N) is 2. The topological polar surface area (TPSA) is 41.1 Å². The van der Waals surface area contributed by atoms with E-state index in [4.69, 9.17) is 11.6 Å². The van der Waals surface area contributed by atoms with Crippen molar-refractivity contribution in [2.24, 2.45) is 0 Å². The maximum Gasteiger partial charge on any atom is 0.238 e. The Bertz CT molecular complexity index is 428. The molecule has 1 aromatic rings. The van der Waals surface area contributed by atoms with Crippen molar-refractivity contribution >= 4 is 23.2 Å². The van der Waals surface area contributed by atoms with Crippen LogP contribution in [0.2, 0.25) is 5.02 Å². The Kier molecular flexibility index (Phi) is 4.25. The second-order valence-corrected chi connectivity index (χ2v) is 5.62. The van der Waals surface area contributed by atoms with Crippen LogP contribution in [0.25, 0.3) is 0 Å². The number of amides is 1. The molecule has 1 saturated carbocycles. The van der Waals surface area contributed by atoms with Crippen LogP contribution in [-0.4, -0.2) is 18.0 Å². The highest BCUT2D eigenvalue weighted by Gasteiger charge is 2.28. The van der Waals surface area contributed by atoms with E-state index in [9.17, 15) is 4.79 Å². The molecule has 98 valence electrons. The highest BCUT2D eigenvalue weighted by molar-refractivity contribution is 6.30. The summed E-state index contributed by atoms with van der Waals surface area (Å²) >= 11 is 5.86. The van der Waals surface area contributed by atoms with Crippen LogP contribution in [0.5, 0.6) is 0 Å². The predicted octanol–water partition coefficient (Wildman–Crippen LogP) is 3.20. The number of halogens is 1. The van der Waals surface area contributed by atoms with E-state index in [-0.39, 0.29) is 11.4 Å². The van der Waals surface area contributed by atoms with Crippen LogP contribution in [0.3, 0.4) is 0 Å². The Morgan fingerprint density at radius 1 is 1.39 bits per heavy atom. The predicted molar refractivity (Wildman–Crippen MR) is 75.0 cm³/mol. The third-order valence-electron chi connectivity index (χ3n) is 3.49. The van der Waals surface area contributed by atoms with Crippen LogP contribution in [-0.2, 0) is 4.79 Å². The van der Waals surface area contributed by atoms with Crippen molar-refractivity contribution in [3.8, 4) is 0 Å². The molecule has 2 rings (SSSR count). The van der Waals surface area contributed by atoms with Gasteiger partial charge in [-0.2, -0.15) is 0 Å². The maximum atomic E-state index is 11.8. The lowest BCUT2D eigenvalue weighted by Gasteiger charge is -2.24. The monoisotopic (exact) mass is 266 g/mol. The SMILES string of the molecule is CC1(NCC(=O)Nc2cccc(Cl)c2)CCCC1. The van der Waals surface area contributed by atoms with Crippen LogP contribution >= 0.6 is 11.6 Å². The molecule has 4 heteroatoms. The molecule has 0 atom stereocenters. The summed E-state index contributed by atoms with van der Waals surface area (Å²) in [5.41, 5.74) is 0.872. The Balaban J connectivity index is 1.82. The third kappa shape index (κ3) is 3.72. The van der Waals surface area contributed by atoms with Gasteiger partial charge in [0.15, 0.2) is 0 Å². The van der Waals surface area contributed by atoms with Crippen molar-refractivity contribution in [3.63, 3.8) is 0 Å². The number of hydrogen-bond donors (Lipinski definition) is 2. The van der Waals surface area contributed by atoms with Crippen LogP contribution in [0.1, 0.15) is 32.6 Å². The summed E-state index contributed by atoms with van der Waals surface area (Å²) in [6.07, 6.45) is 4.80. The van der Waals surface area contributed by atoms with Gasteiger partial charge in [0.2, 0.25) is 5.91 Å². The zero-order valence-electron chi connectivity index (χ0n) is 10.6. The van der Waals surface area contributed by atoms with E-state index < -0.39 is 0 Å². The van der Waals surface area contributed by atoms with Gasteiger partial charge in [0.1, 0.15) is 0 Å². The van der Waals surface area contributed by atoms with E-state index in [0.717, 1.165) is 18.5 Å². The van der Waals surface area contributed by atoms with Gasteiger partial charge in [-0.25, -0.2) is 0 Å². The van der Waals surface area contributed by atoms with Gasteiger partial charge in [0, 0.05) is 16.2 Å². The van der Waals surface area contributed by atoms with Crippen LogP contribution < -0.4 is 10.6 Å². The third-order valence-corrected chi connectivity index (χ3v) is 3.73.